The third-order valence-electron chi connectivity index (χ3n) is 5.80. The maximum absolute atomic E-state index is 4.78. The van der Waals surface area contributed by atoms with E-state index in [0.717, 1.165) is 58.9 Å². The normalized spacial score (nSPS) is 19.2. The van der Waals surface area contributed by atoms with Crippen LogP contribution in [-0.4, -0.2) is 52.3 Å². The molecule has 0 saturated carbocycles. The molecule has 5 heteroatoms. The van der Waals surface area contributed by atoms with Crippen molar-refractivity contribution in [3.63, 3.8) is 0 Å². The van der Waals surface area contributed by atoms with Crippen molar-refractivity contribution in [1.29, 1.82) is 0 Å². The fraction of sp³-hybridized carbons (Fsp3) is 0.591. The van der Waals surface area contributed by atoms with E-state index < -0.39 is 0 Å². The van der Waals surface area contributed by atoms with Crippen LogP contribution in [0, 0.1) is 0 Å². The summed E-state index contributed by atoms with van der Waals surface area (Å²) in [5, 5.41) is 8.20. The van der Waals surface area contributed by atoms with Gasteiger partial charge < -0.3 is 5.32 Å². The highest BCUT2D eigenvalue weighted by Crippen LogP contribution is 2.22. The summed E-state index contributed by atoms with van der Waals surface area (Å²) in [5.41, 5.74) is 5.61. The zero-order chi connectivity index (χ0) is 18.9. The first-order chi connectivity index (χ1) is 13.0. The van der Waals surface area contributed by atoms with Crippen molar-refractivity contribution in [2.45, 2.75) is 52.4 Å². The van der Waals surface area contributed by atoms with E-state index in [0.29, 0.717) is 0 Å². The van der Waals surface area contributed by atoms with Gasteiger partial charge in [0.05, 0.1) is 17.9 Å². The molecule has 0 amide bonds. The molecule has 0 unspecified atom stereocenters. The maximum atomic E-state index is 4.78. The van der Waals surface area contributed by atoms with Crippen LogP contribution >= 0.6 is 0 Å². The molecule has 0 atom stereocenters. The van der Waals surface area contributed by atoms with E-state index in [1.807, 2.05) is 0 Å². The first-order valence-corrected chi connectivity index (χ1v) is 10.3. The van der Waals surface area contributed by atoms with E-state index >= 15 is 0 Å². The molecule has 3 heterocycles. The Kier molecular flexibility index (Phi) is 5.35. The quantitative estimate of drug-likeness (QED) is 0.901. The molecule has 1 N–H and O–H groups in total. The molecule has 5 nitrogen and oxygen atoms in total. The number of piperazine rings is 1. The Labute approximate surface area is 163 Å². The molecular weight excluding hydrogens is 334 g/mol. The van der Waals surface area contributed by atoms with Gasteiger partial charge in [-0.05, 0) is 22.6 Å². The van der Waals surface area contributed by atoms with E-state index in [4.69, 9.17) is 5.10 Å². The molecule has 1 aromatic heterocycles. The highest BCUT2D eigenvalue weighted by molar-refractivity contribution is 5.27. The van der Waals surface area contributed by atoms with Gasteiger partial charge in [-0.15, -0.1) is 0 Å². The molecule has 2 aliphatic rings. The van der Waals surface area contributed by atoms with Gasteiger partial charge in [-0.3, -0.25) is 14.5 Å². The monoisotopic (exact) mass is 367 g/mol. The van der Waals surface area contributed by atoms with Crippen molar-refractivity contribution >= 4 is 0 Å². The van der Waals surface area contributed by atoms with Gasteiger partial charge in [-0.25, -0.2) is 0 Å². The van der Waals surface area contributed by atoms with Crippen molar-refractivity contribution in [1.82, 2.24) is 24.9 Å². The molecule has 0 aliphatic carbocycles. The third-order valence-corrected chi connectivity index (χ3v) is 5.80. The standard InChI is InChI=1S/C22H33N5/c1-22(2,3)19-6-4-18(5-7-19)16-25-10-12-26(13-11-25)17-20-14-21-15-23-8-9-27(21)24-20/h4-7,14,23H,8-13,15-17H2,1-3H3. The molecule has 4 rings (SSSR count). The third kappa shape index (κ3) is 4.60. The number of hydrogen-bond acceptors (Lipinski definition) is 4. The van der Waals surface area contributed by atoms with Crippen LogP contribution in [0.2, 0.25) is 0 Å². The van der Waals surface area contributed by atoms with Gasteiger partial charge in [0.15, 0.2) is 0 Å². The SMILES string of the molecule is CC(C)(C)c1ccc(CN2CCN(Cc3cc4n(n3)CCNC4)CC2)cc1. The fourth-order valence-corrected chi connectivity index (χ4v) is 4.03. The Morgan fingerprint density at radius 2 is 1.59 bits per heavy atom. The van der Waals surface area contributed by atoms with E-state index in [-0.39, 0.29) is 5.41 Å². The number of hydrogen-bond donors (Lipinski definition) is 1. The van der Waals surface area contributed by atoms with Crippen LogP contribution in [0.3, 0.4) is 0 Å². The molecule has 1 saturated heterocycles. The molecule has 2 aliphatic heterocycles. The van der Waals surface area contributed by atoms with E-state index in [1.165, 1.54) is 22.5 Å². The lowest BCUT2D eigenvalue weighted by Crippen LogP contribution is -2.45. The summed E-state index contributed by atoms with van der Waals surface area (Å²) < 4.78 is 2.17. The molecule has 0 bridgehead atoms. The molecule has 2 aromatic rings. The topological polar surface area (TPSA) is 36.3 Å². The number of rotatable bonds is 4. The lowest BCUT2D eigenvalue weighted by Gasteiger charge is -2.34. The summed E-state index contributed by atoms with van der Waals surface area (Å²) in [6.45, 7) is 16.4. The minimum atomic E-state index is 0.229. The highest BCUT2D eigenvalue weighted by atomic mass is 15.3. The lowest BCUT2D eigenvalue weighted by atomic mass is 9.87. The predicted octanol–water partition coefficient (Wildman–Crippen LogP) is 2.60. The molecule has 0 radical (unpaired) electrons. The minimum Gasteiger partial charge on any atom is -0.309 e. The highest BCUT2D eigenvalue weighted by Gasteiger charge is 2.20. The average molecular weight is 368 g/mol. The van der Waals surface area contributed by atoms with E-state index in [9.17, 15) is 0 Å². The second-order valence-corrected chi connectivity index (χ2v) is 9.03. The Balaban J connectivity index is 1.27. The summed E-state index contributed by atoms with van der Waals surface area (Å²) in [5.74, 6) is 0. The Hall–Kier alpha value is -1.69. The molecule has 1 aromatic carbocycles. The molecular formula is C22H33N5. The lowest BCUT2D eigenvalue weighted by molar-refractivity contribution is 0.121. The molecule has 0 spiro atoms. The van der Waals surface area contributed by atoms with Crippen LogP contribution < -0.4 is 5.32 Å². The smallest absolute Gasteiger partial charge is 0.0768 e. The Bertz CT molecular complexity index is 725. The predicted molar refractivity (Wildman–Crippen MR) is 110 cm³/mol. The van der Waals surface area contributed by atoms with E-state index in [1.54, 1.807) is 0 Å². The Morgan fingerprint density at radius 3 is 2.22 bits per heavy atom. The fourth-order valence-electron chi connectivity index (χ4n) is 4.03. The van der Waals surface area contributed by atoms with Crippen molar-refractivity contribution in [3.05, 3.63) is 52.8 Å². The Morgan fingerprint density at radius 1 is 0.926 bits per heavy atom. The zero-order valence-corrected chi connectivity index (χ0v) is 17.0. The maximum Gasteiger partial charge on any atom is 0.0768 e. The summed E-state index contributed by atoms with van der Waals surface area (Å²) in [6.07, 6.45) is 0. The van der Waals surface area contributed by atoms with Crippen LogP contribution in [0.25, 0.3) is 0 Å². The largest absolute Gasteiger partial charge is 0.309 e. The number of aromatic nitrogens is 2. The zero-order valence-electron chi connectivity index (χ0n) is 17.0. The van der Waals surface area contributed by atoms with Crippen molar-refractivity contribution in [2.24, 2.45) is 0 Å². The van der Waals surface area contributed by atoms with Gasteiger partial charge in [0, 0.05) is 52.4 Å². The number of nitrogens with zero attached hydrogens (tertiary/aromatic N) is 4. The van der Waals surface area contributed by atoms with Gasteiger partial charge in [0.25, 0.3) is 0 Å². The van der Waals surface area contributed by atoms with Gasteiger partial charge in [0.2, 0.25) is 0 Å². The summed E-state index contributed by atoms with van der Waals surface area (Å²) in [7, 11) is 0. The van der Waals surface area contributed by atoms with Crippen LogP contribution in [0.15, 0.2) is 30.3 Å². The van der Waals surface area contributed by atoms with Gasteiger partial charge >= 0.3 is 0 Å². The van der Waals surface area contributed by atoms with Crippen LogP contribution in [0.5, 0.6) is 0 Å². The van der Waals surface area contributed by atoms with Crippen molar-refractivity contribution < 1.29 is 0 Å². The van der Waals surface area contributed by atoms with Crippen molar-refractivity contribution in [2.75, 3.05) is 32.7 Å². The number of benzene rings is 1. The first kappa shape index (κ1) is 18.7. The molecule has 1 fully saturated rings. The van der Waals surface area contributed by atoms with Crippen LogP contribution in [0.4, 0.5) is 0 Å². The minimum absolute atomic E-state index is 0.229. The van der Waals surface area contributed by atoms with Crippen LogP contribution in [0.1, 0.15) is 43.3 Å². The van der Waals surface area contributed by atoms with Gasteiger partial charge in [-0.1, -0.05) is 45.0 Å². The van der Waals surface area contributed by atoms with Gasteiger partial charge in [0.1, 0.15) is 0 Å². The number of nitrogens with one attached hydrogen (secondary N) is 1. The summed E-state index contributed by atoms with van der Waals surface area (Å²) in [6, 6.07) is 11.5. The average Bonchev–Trinajstić information content (AvgIpc) is 3.05. The van der Waals surface area contributed by atoms with E-state index in [2.05, 4.69) is 70.9 Å². The van der Waals surface area contributed by atoms with Gasteiger partial charge in [-0.2, -0.15) is 5.10 Å². The molecule has 27 heavy (non-hydrogen) atoms. The number of fused-ring (bicyclic) bond motifs is 1. The first-order valence-electron chi connectivity index (χ1n) is 10.3. The van der Waals surface area contributed by atoms with Crippen LogP contribution in [-0.2, 0) is 31.6 Å². The summed E-state index contributed by atoms with van der Waals surface area (Å²) in [4.78, 5) is 5.12. The second kappa shape index (κ2) is 7.74. The van der Waals surface area contributed by atoms with Crippen molar-refractivity contribution in [3.8, 4) is 0 Å². The summed E-state index contributed by atoms with van der Waals surface area (Å²) >= 11 is 0. The second-order valence-electron chi connectivity index (χ2n) is 9.03. The molecule has 146 valence electrons.